The lowest BCUT2D eigenvalue weighted by molar-refractivity contribution is 0.192. The molecule has 28 heavy (non-hydrogen) atoms. The largest absolute Gasteiger partial charge is 0.357 e. The van der Waals surface area contributed by atoms with E-state index in [1.807, 2.05) is 0 Å². The Hall–Kier alpha value is -0.860. The first-order valence-electron chi connectivity index (χ1n) is 10.7. The summed E-state index contributed by atoms with van der Waals surface area (Å²) in [5, 5.41) is 7.16. The molecule has 2 N–H and O–H groups in total. The minimum Gasteiger partial charge on any atom is -0.357 e. The molecule has 1 aromatic carbocycles. The van der Waals surface area contributed by atoms with Crippen LogP contribution in [0, 0.1) is 5.92 Å². The Kier molecular flexibility index (Phi) is 10.6. The minimum atomic E-state index is 0. The molecule has 0 radical (unpaired) electrons. The van der Waals surface area contributed by atoms with Gasteiger partial charge >= 0.3 is 0 Å². The Bertz CT molecular complexity index is 580. The number of halogens is 1. The number of aliphatic imine (C=N–C) groups is 1. The summed E-state index contributed by atoms with van der Waals surface area (Å²) >= 11 is 0. The van der Waals surface area contributed by atoms with Crippen molar-refractivity contribution < 1.29 is 0 Å². The maximum atomic E-state index is 4.92. The van der Waals surface area contributed by atoms with Gasteiger partial charge in [-0.05, 0) is 64.2 Å². The zero-order valence-corrected chi connectivity index (χ0v) is 19.9. The third kappa shape index (κ3) is 7.87. The van der Waals surface area contributed by atoms with Gasteiger partial charge in [-0.3, -0.25) is 9.89 Å². The Morgan fingerprint density at radius 1 is 1.11 bits per heavy atom. The van der Waals surface area contributed by atoms with E-state index in [0.29, 0.717) is 12.0 Å². The van der Waals surface area contributed by atoms with Crippen molar-refractivity contribution in [2.45, 2.75) is 45.2 Å². The minimum absolute atomic E-state index is 0. The molecule has 0 bridgehead atoms. The van der Waals surface area contributed by atoms with E-state index >= 15 is 0 Å². The number of likely N-dealkylation sites (tertiary alicyclic amines) is 2. The van der Waals surface area contributed by atoms with Crippen LogP contribution in [0.5, 0.6) is 0 Å². The van der Waals surface area contributed by atoms with Crippen molar-refractivity contribution in [2.24, 2.45) is 10.9 Å². The Balaban J connectivity index is 0.00000280. The molecule has 1 aromatic rings. The molecule has 0 amide bonds. The highest BCUT2D eigenvalue weighted by Gasteiger charge is 2.21. The molecule has 2 saturated heterocycles. The number of nitrogens with one attached hydrogen (secondary N) is 2. The monoisotopic (exact) mass is 499 g/mol. The van der Waals surface area contributed by atoms with Gasteiger partial charge in [0, 0.05) is 38.8 Å². The van der Waals surface area contributed by atoms with Gasteiger partial charge in [-0.25, -0.2) is 0 Å². The lowest BCUT2D eigenvalue weighted by atomic mass is 9.99. The van der Waals surface area contributed by atoms with Gasteiger partial charge in [0.1, 0.15) is 0 Å². The third-order valence-corrected chi connectivity index (χ3v) is 5.67. The smallest absolute Gasteiger partial charge is 0.191 e. The topological polar surface area (TPSA) is 42.9 Å². The molecule has 2 atom stereocenters. The SMILES string of the molecule is CCNC(=NCC1CCCN(C)C1)NC1CCCN(Cc2ccccc2)C1.I. The van der Waals surface area contributed by atoms with E-state index < -0.39 is 0 Å². The predicted octanol–water partition coefficient (Wildman–Crippen LogP) is 3.17. The molecular formula is C22H38IN5. The second kappa shape index (κ2) is 12.6. The van der Waals surface area contributed by atoms with E-state index in [2.05, 4.69) is 64.7 Å². The molecule has 2 fully saturated rings. The summed E-state index contributed by atoms with van der Waals surface area (Å²) in [6, 6.07) is 11.3. The van der Waals surface area contributed by atoms with Gasteiger partial charge in [-0.15, -0.1) is 24.0 Å². The van der Waals surface area contributed by atoms with Gasteiger partial charge in [0.05, 0.1) is 0 Å². The third-order valence-electron chi connectivity index (χ3n) is 5.67. The van der Waals surface area contributed by atoms with E-state index in [1.54, 1.807) is 0 Å². The number of guanidine groups is 1. The van der Waals surface area contributed by atoms with E-state index in [0.717, 1.165) is 32.1 Å². The van der Waals surface area contributed by atoms with E-state index in [1.165, 1.54) is 50.9 Å². The van der Waals surface area contributed by atoms with Crippen molar-refractivity contribution in [1.29, 1.82) is 0 Å². The van der Waals surface area contributed by atoms with Crippen LogP contribution in [-0.4, -0.2) is 68.1 Å². The fourth-order valence-electron chi connectivity index (χ4n) is 4.31. The highest BCUT2D eigenvalue weighted by atomic mass is 127. The summed E-state index contributed by atoms with van der Waals surface area (Å²) in [5.74, 6) is 1.69. The van der Waals surface area contributed by atoms with E-state index in [9.17, 15) is 0 Å². The van der Waals surface area contributed by atoms with Crippen LogP contribution in [0.3, 0.4) is 0 Å². The maximum absolute atomic E-state index is 4.92. The fourth-order valence-corrected chi connectivity index (χ4v) is 4.31. The first-order valence-corrected chi connectivity index (χ1v) is 10.7. The Morgan fingerprint density at radius 3 is 2.64 bits per heavy atom. The van der Waals surface area contributed by atoms with Gasteiger partial charge < -0.3 is 15.5 Å². The molecule has 3 rings (SSSR count). The molecule has 158 valence electrons. The summed E-state index contributed by atoms with van der Waals surface area (Å²) in [5.41, 5.74) is 1.40. The summed E-state index contributed by atoms with van der Waals surface area (Å²) in [7, 11) is 2.22. The van der Waals surface area contributed by atoms with Crippen LogP contribution < -0.4 is 10.6 Å². The fraction of sp³-hybridized carbons (Fsp3) is 0.682. The van der Waals surface area contributed by atoms with Gasteiger partial charge in [0.15, 0.2) is 5.96 Å². The van der Waals surface area contributed by atoms with E-state index in [4.69, 9.17) is 4.99 Å². The van der Waals surface area contributed by atoms with Crippen LogP contribution >= 0.6 is 24.0 Å². The molecule has 5 nitrogen and oxygen atoms in total. The van der Waals surface area contributed by atoms with Crippen LogP contribution in [-0.2, 0) is 6.54 Å². The van der Waals surface area contributed by atoms with Crippen LogP contribution in [0.4, 0.5) is 0 Å². The summed E-state index contributed by atoms with van der Waals surface area (Å²) < 4.78 is 0. The molecule has 2 aliphatic heterocycles. The highest BCUT2D eigenvalue weighted by Crippen LogP contribution is 2.16. The van der Waals surface area contributed by atoms with Gasteiger partial charge in [0.25, 0.3) is 0 Å². The molecule has 2 aliphatic rings. The number of hydrogen-bond acceptors (Lipinski definition) is 3. The second-order valence-electron chi connectivity index (χ2n) is 8.19. The molecule has 0 saturated carbocycles. The second-order valence-corrected chi connectivity index (χ2v) is 8.19. The molecule has 2 unspecified atom stereocenters. The lowest BCUT2D eigenvalue weighted by Crippen LogP contribution is -2.51. The average Bonchev–Trinajstić information content (AvgIpc) is 2.67. The summed E-state index contributed by atoms with van der Waals surface area (Å²) in [6.07, 6.45) is 5.08. The Labute approximate surface area is 188 Å². The van der Waals surface area contributed by atoms with E-state index in [-0.39, 0.29) is 24.0 Å². The summed E-state index contributed by atoms with van der Waals surface area (Å²) in [6.45, 7) is 9.72. The van der Waals surface area contributed by atoms with Crippen molar-refractivity contribution >= 4 is 29.9 Å². The van der Waals surface area contributed by atoms with Crippen molar-refractivity contribution in [3.05, 3.63) is 35.9 Å². The molecule has 2 heterocycles. The van der Waals surface area contributed by atoms with Crippen molar-refractivity contribution in [3.63, 3.8) is 0 Å². The predicted molar refractivity (Wildman–Crippen MR) is 129 cm³/mol. The first-order chi connectivity index (χ1) is 13.2. The van der Waals surface area contributed by atoms with Gasteiger partial charge in [0.2, 0.25) is 0 Å². The van der Waals surface area contributed by atoms with Crippen LogP contribution in [0.1, 0.15) is 38.2 Å². The van der Waals surface area contributed by atoms with Gasteiger partial charge in [-0.1, -0.05) is 30.3 Å². The zero-order valence-electron chi connectivity index (χ0n) is 17.6. The van der Waals surface area contributed by atoms with Crippen LogP contribution in [0.15, 0.2) is 35.3 Å². The molecule has 0 spiro atoms. The number of hydrogen-bond donors (Lipinski definition) is 2. The number of rotatable bonds is 6. The standard InChI is InChI=1S/C22H37N5.HI/c1-3-23-22(24-15-20-11-7-13-26(2)16-20)25-21-12-8-14-27(18-21)17-19-9-5-4-6-10-19;/h4-6,9-10,20-21H,3,7-8,11-18H2,1-2H3,(H2,23,24,25);1H. The number of benzene rings is 1. The van der Waals surface area contributed by atoms with Gasteiger partial charge in [-0.2, -0.15) is 0 Å². The zero-order chi connectivity index (χ0) is 18.9. The highest BCUT2D eigenvalue weighted by molar-refractivity contribution is 14.0. The van der Waals surface area contributed by atoms with Crippen molar-refractivity contribution in [2.75, 3.05) is 46.3 Å². The van der Waals surface area contributed by atoms with Crippen LogP contribution in [0.25, 0.3) is 0 Å². The normalized spacial score (nSPS) is 24.4. The number of piperidine rings is 2. The average molecular weight is 499 g/mol. The summed E-state index contributed by atoms with van der Waals surface area (Å²) in [4.78, 5) is 9.93. The quantitative estimate of drug-likeness (QED) is 0.359. The molecular weight excluding hydrogens is 461 g/mol. The molecule has 0 aromatic heterocycles. The molecule has 6 heteroatoms. The first kappa shape index (κ1) is 23.4. The van der Waals surface area contributed by atoms with Crippen molar-refractivity contribution in [3.8, 4) is 0 Å². The van der Waals surface area contributed by atoms with Crippen LogP contribution in [0.2, 0.25) is 0 Å². The van der Waals surface area contributed by atoms with Crippen molar-refractivity contribution in [1.82, 2.24) is 20.4 Å². The maximum Gasteiger partial charge on any atom is 0.191 e. The molecule has 0 aliphatic carbocycles. The number of nitrogens with zero attached hydrogens (tertiary/aromatic N) is 3. The Morgan fingerprint density at radius 2 is 1.89 bits per heavy atom. The lowest BCUT2D eigenvalue weighted by Gasteiger charge is -2.34.